The molecule has 98 valence electrons. The van der Waals surface area contributed by atoms with E-state index in [4.69, 9.17) is 5.11 Å². The van der Waals surface area contributed by atoms with E-state index in [1.54, 1.807) is 12.1 Å². The number of rotatable bonds is 3. The number of hydrogen-bond donors (Lipinski definition) is 2. The van der Waals surface area contributed by atoms with Gasteiger partial charge < -0.3 is 15.3 Å². The number of carboxylic acids is 1. The highest BCUT2D eigenvalue weighted by atomic mass is 16.4. The minimum absolute atomic E-state index is 0.343. The Hall–Kier alpha value is -1.55. The van der Waals surface area contributed by atoms with Gasteiger partial charge in [0.25, 0.3) is 0 Å². The molecule has 1 saturated heterocycles. The van der Waals surface area contributed by atoms with E-state index in [-0.39, 0.29) is 0 Å². The number of carboxylic acid groups (broad SMARTS) is 1. The summed E-state index contributed by atoms with van der Waals surface area (Å²) in [5.41, 5.74) is 1.45. The Balaban J connectivity index is 2.20. The van der Waals surface area contributed by atoms with Gasteiger partial charge in [-0.05, 0) is 30.2 Å². The van der Waals surface area contributed by atoms with Gasteiger partial charge in [-0.15, -0.1) is 0 Å². The molecule has 0 spiro atoms. The molecule has 0 saturated carbocycles. The molecule has 1 fully saturated rings. The molecule has 1 atom stereocenters. The van der Waals surface area contributed by atoms with Gasteiger partial charge in [0.1, 0.15) is 0 Å². The largest absolute Gasteiger partial charge is 0.478 e. The van der Waals surface area contributed by atoms with E-state index < -0.39 is 5.97 Å². The second-order valence-electron chi connectivity index (χ2n) is 5.06. The molecule has 1 heterocycles. The van der Waals surface area contributed by atoms with Crippen molar-refractivity contribution in [2.75, 3.05) is 24.5 Å². The van der Waals surface area contributed by atoms with Crippen LogP contribution in [0.1, 0.15) is 24.2 Å². The highest BCUT2D eigenvalue weighted by Crippen LogP contribution is 2.22. The molecule has 2 rings (SSSR count). The maximum absolute atomic E-state index is 10.8. The minimum Gasteiger partial charge on any atom is -0.478 e. The smallest absolute Gasteiger partial charge is 0.335 e. The average Bonchev–Trinajstić information content (AvgIpc) is 2.39. The fourth-order valence-electron chi connectivity index (χ4n) is 2.44. The molecule has 4 nitrogen and oxygen atoms in total. The maximum atomic E-state index is 10.8. The zero-order valence-corrected chi connectivity index (χ0v) is 10.9. The molecule has 4 heteroatoms. The molecule has 18 heavy (non-hydrogen) atoms. The SMILES string of the molecule is CC(C)[C@H]1CNCCN1c1ccc(C(=O)O)cc1. The van der Waals surface area contributed by atoms with Crippen molar-refractivity contribution in [2.24, 2.45) is 5.92 Å². The maximum Gasteiger partial charge on any atom is 0.335 e. The van der Waals surface area contributed by atoms with Crippen LogP contribution in [0, 0.1) is 5.92 Å². The van der Waals surface area contributed by atoms with Crippen molar-refractivity contribution in [3.8, 4) is 0 Å². The molecule has 0 radical (unpaired) electrons. The molecular weight excluding hydrogens is 228 g/mol. The van der Waals surface area contributed by atoms with E-state index in [1.807, 2.05) is 12.1 Å². The Morgan fingerprint density at radius 3 is 2.61 bits per heavy atom. The van der Waals surface area contributed by atoms with Crippen LogP contribution < -0.4 is 10.2 Å². The third-order valence-corrected chi connectivity index (χ3v) is 3.50. The first-order chi connectivity index (χ1) is 8.59. The molecule has 0 aromatic heterocycles. The second kappa shape index (κ2) is 5.40. The fourth-order valence-corrected chi connectivity index (χ4v) is 2.44. The van der Waals surface area contributed by atoms with Crippen molar-refractivity contribution in [3.63, 3.8) is 0 Å². The predicted molar refractivity (Wildman–Crippen MR) is 72.2 cm³/mol. The highest BCUT2D eigenvalue weighted by Gasteiger charge is 2.24. The van der Waals surface area contributed by atoms with Crippen LogP contribution in [-0.4, -0.2) is 36.8 Å². The van der Waals surface area contributed by atoms with Crippen molar-refractivity contribution in [2.45, 2.75) is 19.9 Å². The van der Waals surface area contributed by atoms with E-state index in [1.165, 1.54) is 0 Å². The van der Waals surface area contributed by atoms with E-state index >= 15 is 0 Å². The third-order valence-electron chi connectivity index (χ3n) is 3.50. The standard InChI is InChI=1S/C14H20N2O2/c1-10(2)13-9-15-7-8-16(13)12-5-3-11(4-6-12)14(17)18/h3-6,10,13,15H,7-9H2,1-2H3,(H,17,18)/t13-/m1/s1. The summed E-state index contributed by atoms with van der Waals surface area (Å²) in [4.78, 5) is 13.2. The van der Waals surface area contributed by atoms with Gasteiger partial charge in [0, 0.05) is 31.4 Å². The summed E-state index contributed by atoms with van der Waals surface area (Å²) >= 11 is 0. The van der Waals surface area contributed by atoms with Gasteiger partial charge in [0.05, 0.1) is 5.56 Å². The van der Waals surface area contributed by atoms with E-state index in [2.05, 4.69) is 24.1 Å². The lowest BCUT2D eigenvalue weighted by Gasteiger charge is -2.40. The number of benzene rings is 1. The van der Waals surface area contributed by atoms with Crippen molar-refractivity contribution >= 4 is 11.7 Å². The Morgan fingerprint density at radius 1 is 1.39 bits per heavy atom. The van der Waals surface area contributed by atoms with Crippen LogP contribution in [-0.2, 0) is 0 Å². The molecule has 1 aliphatic rings. The van der Waals surface area contributed by atoms with Crippen molar-refractivity contribution < 1.29 is 9.90 Å². The summed E-state index contributed by atoms with van der Waals surface area (Å²) in [6.45, 7) is 7.37. The number of nitrogens with zero attached hydrogens (tertiary/aromatic N) is 1. The van der Waals surface area contributed by atoms with Gasteiger partial charge >= 0.3 is 5.97 Å². The summed E-state index contributed by atoms with van der Waals surface area (Å²) in [7, 11) is 0. The first-order valence-corrected chi connectivity index (χ1v) is 6.40. The van der Waals surface area contributed by atoms with E-state index in [0.29, 0.717) is 17.5 Å². The first kappa shape index (κ1) is 12.9. The number of aromatic carboxylic acids is 1. The normalized spacial score (nSPS) is 20.2. The molecule has 0 bridgehead atoms. The van der Waals surface area contributed by atoms with Crippen LogP contribution in [0.5, 0.6) is 0 Å². The van der Waals surface area contributed by atoms with Crippen LogP contribution >= 0.6 is 0 Å². The molecule has 1 aromatic rings. The lowest BCUT2D eigenvalue weighted by atomic mass is 9.99. The molecule has 0 unspecified atom stereocenters. The van der Waals surface area contributed by atoms with Gasteiger partial charge in [-0.3, -0.25) is 0 Å². The van der Waals surface area contributed by atoms with Gasteiger partial charge in [-0.25, -0.2) is 4.79 Å². The summed E-state index contributed by atoms with van der Waals surface area (Å²) < 4.78 is 0. The molecule has 2 N–H and O–H groups in total. The number of nitrogens with one attached hydrogen (secondary N) is 1. The number of carbonyl (C=O) groups is 1. The van der Waals surface area contributed by atoms with Gasteiger partial charge in [0.2, 0.25) is 0 Å². The fraction of sp³-hybridized carbons (Fsp3) is 0.500. The van der Waals surface area contributed by atoms with E-state index in [9.17, 15) is 4.79 Å². The predicted octanol–water partition coefficient (Wildman–Crippen LogP) is 1.82. The zero-order chi connectivity index (χ0) is 13.1. The first-order valence-electron chi connectivity index (χ1n) is 6.40. The van der Waals surface area contributed by atoms with Crippen LogP contribution in [0.3, 0.4) is 0 Å². The molecule has 0 aliphatic carbocycles. The Bertz CT molecular complexity index is 414. The van der Waals surface area contributed by atoms with E-state index in [0.717, 1.165) is 25.3 Å². The van der Waals surface area contributed by atoms with Crippen molar-refractivity contribution in [3.05, 3.63) is 29.8 Å². The van der Waals surface area contributed by atoms with Crippen LogP contribution in [0.2, 0.25) is 0 Å². The summed E-state index contributed by atoms with van der Waals surface area (Å²) in [5.74, 6) is -0.306. The topological polar surface area (TPSA) is 52.6 Å². The monoisotopic (exact) mass is 248 g/mol. The number of anilines is 1. The molecule has 1 aliphatic heterocycles. The van der Waals surface area contributed by atoms with Gasteiger partial charge in [0.15, 0.2) is 0 Å². The Morgan fingerprint density at radius 2 is 2.06 bits per heavy atom. The minimum atomic E-state index is -0.873. The lowest BCUT2D eigenvalue weighted by molar-refractivity contribution is 0.0697. The van der Waals surface area contributed by atoms with Crippen LogP contribution in [0.15, 0.2) is 24.3 Å². The van der Waals surface area contributed by atoms with Gasteiger partial charge in [-0.1, -0.05) is 13.8 Å². The Kier molecular flexibility index (Phi) is 3.87. The van der Waals surface area contributed by atoms with Gasteiger partial charge in [-0.2, -0.15) is 0 Å². The second-order valence-corrected chi connectivity index (χ2v) is 5.06. The molecule has 1 aromatic carbocycles. The average molecular weight is 248 g/mol. The van der Waals surface area contributed by atoms with Crippen LogP contribution in [0.25, 0.3) is 0 Å². The number of piperazine rings is 1. The molecule has 0 amide bonds. The Labute approximate surface area is 108 Å². The zero-order valence-electron chi connectivity index (χ0n) is 10.9. The lowest BCUT2D eigenvalue weighted by Crippen LogP contribution is -2.53. The quantitative estimate of drug-likeness (QED) is 0.856. The van der Waals surface area contributed by atoms with Crippen molar-refractivity contribution in [1.29, 1.82) is 0 Å². The van der Waals surface area contributed by atoms with Crippen molar-refractivity contribution in [1.82, 2.24) is 5.32 Å². The summed E-state index contributed by atoms with van der Waals surface area (Å²) in [6.07, 6.45) is 0. The number of hydrogen-bond acceptors (Lipinski definition) is 3. The summed E-state index contributed by atoms with van der Waals surface area (Å²) in [5, 5.41) is 12.3. The third kappa shape index (κ3) is 2.64. The highest BCUT2D eigenvalue weighted by molar-refractivity contribution is 5.88. The summed E-state index contributed by atoms with van der Waals surface area (Å²) in [6, 6.07) is 7.64. The molecular formula is C14H20N2O2. The van der Waals surface area contributed by atoms with Crippen LogP contribution in [0.4, 0.5) is 5.69 Å².